The van der Waals surface area contributed by atoms with Gasteiger partial charge in [-0.05, 0) is 80.1 Å². The second-order valence-corrected chi connectivity index (χ2v) is 11.6. The maximum Gasteiger partial charge on any atom is 0.417 e. The molecule has 0 bridgehead atoms. The lowest BCUT2D eigenvalue weighted by Gasteiger charge is -2.29. The minimum atomic E-state index is -4.48. The lowest BCUT2D eigenvalue weighted by atomic mass is 9.95. The standard InChI is InChI=1S/C27H26F5N3O4S/c1-2-39-25(36)26(28,29)23-15-18(13-14-33-23)17-3-8-21(9-4-17)40(37,38)22-10-6-20(7-11-22)35-24-12-5-19(16-34-24)27(30,31)32/h3-5,8-9,12-16,20,22H,2,6-7,10-11H2,1H3,(H,34,35)/t20-,22-. The number of carbonyl (C=O) groups excluding carboxylic acids is 1. The minimum Gasteiger partial charge on any atom is -0.461 e. The fraction of sp³-hybridized carbons (Fsp3) is 0.370. The lowest BCUT2D eigenvalue weighted by Crippen LogP contribution is -2.33. The van der Waals surface area contributed by atoms with Crippen LogP contribution in [0.3, 0.4) is 0 Å². The van der Waals surface area contributed by atoms with Gasteiger partial charge >= 0.3 is 18.1 Å². The van der Waals surface area contributed by atoms with Crippen molar-refractivity contribution in [3.8, 4) is 11.1 Å². The highest BCUT2D eigenvalue weighted by molar-refractivity contribution is 7.92. The summed E-state index contributed by atoms with van der Waals surface area (Å²) in [5, 5.41) is 2.42. The molecule has 0 saturated heterocycles. The van der Waals surface area contributed by atoms with Crippen LogP contribution in [0.1, 0.15) is 43.9 Å². The summed E-state index contributed by atoms with van der Waals surface area (Å²) in [7, 11) is -3.69. The van der Waals surface area contributed by atoms with Crippen molar-refractivity contribution < 1.29 is 39.9 Å². The van der Waals surface area contributed by atoms with Crippen molar-refractivity contribution in [1.29, 1.82) is 0 Å². The Hall–Kier alpha value is -3.61. The second-order valence-electron chi connectivity index (χ2n) is 9.34. The summed E-state index contributed by atoms with van der Waals surface area (Å²) in [6, 6.07) is 10.4. The lowest BCUT2D eigenvalue weighted by molar-refractivity contribution is -0.173. The number of pyridine rings is 2. The Morgan fingerprint density at radius 1 is 0.950 bits per heavy atom. The first kappa shape index (κ1) is 29.4. The largest absolute Gasteiger partial charge is 0.461 e. The van der Waals surface area contributed by atoms with Gasteiger partial charge in [0.05, 0.1) is 22.3 Å². The number of hydrogen-bond donors (Lipinski definition) is 1. The Balaban J connectivity index is 1.40. The Kier molecular flexibility index (Phi) is 8.43. The fourth-order valence-corrected chi connectivity index (χ4v) is 6.30. The first-order chi connectivity index (χ1) is 18.8. The third-order valence-corrected chi connectivity index (χ3v) is 8.96. The normalized spacial score (nSPS) is 18.2. The van der Waals surface area contributed by atoms with E-state index in [1.165, 1.54) is 43.3 Å². The molecule has 1 aliphatic carbocycles. The number of esters is 1. The Labute approximate surface area is 227 Å². The average Bonchev–Trinajstić information content (AvgIpc) is 2.93. The number of rotatable bonds is 8. The Morgan fingerprint density at radius 2 is 1.62 bits per heavy atom. The van der Waals surface area contributed by atoms with Crippen molar-refractivity contribution in [3.05, 3.63) is 72.2 Å². The van der Waals surface area contributed by atoms with Crippen LogP contribution in [0.15, 0.2) is 65.8 Å². The van der Waals surface area contributed by atoms with E-state index in [1.807, 2.05) is 0 Å². The van der Waals surface area contributed by atoms with E-state index in [1.54, 1.807) is 0 Å². The number of anilines is 1. The molecule has 214 valence electrons. The van der Waals surface area contributed by atoms with Gasteiger partial charge in [0.15, 0.2) is 9.84 Å². The molecule has 1 fully saturated rings. The zero-order valence-electron chi connectivity index (χ0n) is 21.3. The van der Waals surface area contributed by atoms with Gasteiger partial charge in [0.2, 0.25) is 0 Å². The predicted octanol–water partition coefficient (Wildman–Crippen LogP) is 6.01. The van der Waals surface area contributed by atoms with Gasteiger partial charge < -0.3 is 10.1 Å². The van der Waals surface area contributed by atoms with Crippen molar-refractivity contribution in [2.75, 3.05) is 11.9 Å². The van der Waals surface area contributed by atoms with Crippen LogP contribution in [0, 0.1) is 0 Å². The Morgan fingerprint density at radius 3 is 2.20 bits per heavy atom. The summed E-state index contributed by atoms with van der Waals surface area (Å²) in [6.45, 7) is 1.20. The van der Waals surface area contributed by atoms with E-state index in [9.17, 15) is 35.2 Å². The number of hydrogen-bond acceptors (Lipinski definition) is 7. The molecule has 0 unspecified atom stereocenters. The van der Waals surface area contributed by atoms with Gasteiger partial charge in [0.25, 0.3) is 0 Å². The molecule has 1 N–H and O–H groups in total. The number of alkyl halides is 5. The SMILES string of the molecule is CCOC(=O)C(F)(F)c1cc(-c2ccc(S(=O)(=O)[C@H]3CC[C@H](Nc4ccc(C(F)(F)F)cn4)CC3)cc2)ccn1. The van der Waals surface area contributed by atoms with Gasteiger partial charge in [-0.15, -0.1) is 0 Å². The van der Waals surface area contributed by atoms with Gasteiger partial charge in [0, 0.05) is 18.4 Å². The van der Waals surface area contributed by atoms with Crippen LogP contribution in [-0.4, -0.2) is 42.3 Å². The summed E-state index contributed by atoms with van der Waals surface area (Å²) in [5.41, 5.74) is -0.851. The van der Waals surface area contributed by atoms with Gasteiger partial charge in [0.1, 0.15) is 11.5 Å². The van der Waals surface area contributed by atoms with E-state index in [4.69, 9.17) is 0 Å². The van der Waals surface area contributed by atoms with Crippen LogP contribution in [0.4, 0.5) is 27.8 Å². The molecular formula is C27H26F5N3O4S. The van der Waals surface area contributed by atoms with Gasteiger partial charge in [-0.1, -0.05) is 12.1 Å². The number of sulfone groups is 1. The number of benzene rings is 1. The highest BCUT2D eigenvalue weighted by Crippen LogP contribution is 2.34. The highest BCUT2D eigenvalue weighted by atomic mass is 32.2. The Bertz CT molecular complexity index is 1440. The molecule has 13 heteroatoms. The van der Waals surface area contributed by atoms with Crippen molar-refractivity contribution in [2.45, 2.75) is 60.9 Å². The predicted molar refractivity (Wildman–Crippen MR) is 136 cm³/mol. The number of nitrogens with zero attached hydrogens (tertiary/aromatic N) is 2. The quantitative estimate of drug-likeness (QED) is 0.256. The second kappa shape index (κ2) is 11.5. The monoisotopic (exact) mass is 583 g/mol. The van der Waals surface area contributed by atoms with Gasteiger partial charge in [-0.2, -0.15) is 22.0 Å². The first-order valence-corrected chi connectivity index (χ1v) is 14.0. The molecule has 0 spiro atoms. The summed E-state index contributed by atoms with van der Waals surface area (Å²) < 4.78 is 97.9. The fourth-order valence-electron chi connectivity index (χ4n) is 4.51. The smallest absolute Gasteiger partial charge is 0.417 e. The molecule has 40 heavy (non-hydrogen) atoms. The molecule has 0 atom stereocenters. The summed E-state index contributed by atoms with van der Waals surface area (Å²) in [4.78, 5) is 19.1. The summed E-state index contributed by atoms with van der Waals surface area (Å²) in [5.74, 6) is -5.36. The van der Waals surface area contributed by atoms with Crippen molar-refractivity contribution in [1.82, 2.24) is 9.97 Å². The molecule has 3 aromatic rings. The molecule has 2 aromatic heterocycles. The zero-order valence-corrected chi connectivity index (χ0v) is 22.1. The zero-order chi connectivity index (χ0) is 29.1. The van der Waals surface area contributed by atoms with E-state index >= 15 is 0 Å². The molecule has 0 aliphatic heterocycles. The van der Waals surface area contributed by atoms with E-state index in [-0.39, 0.29) is 23.4 Å². The molecule has 1 saturated carbocycles. The van der Waals surface area contributed by atoms with E-state index in [0.717, 1.165) is 24.5 Å². The van der Waals surface area contributed by atoms with Crippen LogP contribution < -0.4 is 5.32 Å². The van der Waals surface area contributed by atoms with Crippen LogP contribution >= 0.6 is 0 Å². The third kappa shape index (κ3) is 6.40. The molecule has 1 aromatic carbocycles. The van der Waals surface area contributed by atoms with Crippen LogP contribution in [-0.2, 0) is 31.5 Å². The topological polar surface area (TPSA) is 98.2 Å². The number of nitrogens with one attached hydrogen (secondary N) is 1. The minimum absolute atomic E-state index is 0.0863. The van der Waals surface area contributed by atoms with Crippen molar-refractivity contribution >= 4 is 21.6 Å². The van der Waals surface area contributed by atoms with Gasteiger partial charge in [-0.25, -0.2) is 18.2 Å². The average molecular weight is 584 g/mol. The third-order valence-electron chi connectivity index (χ3n) is 6.69. The van der Waals surface area contributed by atoms with Crippen molar-refractivity contribution in [3.63, 3.8) is 0 Å². The molecule has 1 aliphatic rings. The molecule has 7 nitrogen and oxygen atoms in total. The molecule has 2 heterocycles. The van der Waals surface area contributed by atoms with E-state index in [0.29, 0.717) is 36.8 Å². The molecule has 0 radical (unpaired) electrons. The first-order valence-electron chi connectivity index (χ1n) is 12.5. The van der Waals surface area contributed by atoms with E-state index in [2.05, 4.69) is 20.0 Å². The maximum atomic E-state index is 14.4. The number of ether oxygens (including phenoxy) is 1. The summed E-state index contributed by atoms with van der Waals surface area (Å²) >= 11 is 0. The van der Waals surface area contributed by atoms with Gasteiger partial charge in [-0.3, -0.25) is 4.98 Å². The number of aromatic nitrogens is 2. The van der Waals surface area contributed by atoms with Crippen LogP contribution in [0.2, 0.25) is 0 Å². The van der Waals surface area contributed by atoms with Crippen LogP contribution in [0.25, 0.3) is 11.1 Å². The van der Waals surface area contributed by atoms with Crippen LogP contribution in [0.5, 0.6) is 0 Å². The molecule has 4 rings (SSSR count). The molecule has 0 amide bonds. The maximum absolute atomic E-state index is 14.4. The van der Waals surface area contributed by atoms with Crippen molar-refractivity contribution in [2.24, 2.45) is 0 Å². The summed E-state index contributed by atoms with van der Waals surface area (Å²) in [6.07, 6.45) is -0.928. The highest BCUT2D eigenvalue weighted by Gasteiger charge is 2.44. The number of halogens is 5. The molecular weight excluding hydrogens is 557 g/mol. The number of carbonyl (C=O) groups is 1. The van der Waals surface area contributed by atoms with E-state index < -0.39 is 44.4 Å².